The number of hydrogen-bond donors (Lipinski definition) is 0. The van der Waals surface area contributed by atoms with E-state index in [0.717, 1.165) is 0 Å². The lowest BCUT2D eigenvalue weighted by Crippen LogP contribution is -2.52. The normalized spacial score (nSPS) is 39.4. The fourth-order valence-electron chi connectivity index (χ4n) is 2.89. The zero-order chi connectivity index (χ0) is 12.3. The first kappa shape index (κ1) is 13.0. The minimum atomic E-state index is -0.0666. The predicted molar refractivity (Wildman–Crippen MR) is 66.0 cm³/mol. The second-order valence-electron chi connectivity index (χ2n) is 7.39. The van der Waals surface area contributed by atoms with Crippen molar-refractivity contribution in [1.29, 1.82) is 0 Å². The van der Waals surface area contributed by atoms with Crippen molar-refractivity contribution in [3.8, 4) is 0 Å². The van der Waals surface area contributed by atoms with Gasteiger partial charge in [-0.2, -0.15) is 0 Å². The molecule has 0 bridgehead atoms. The topological polar surface area (TPSA) is 9.23 Å². The molecule has 1 aliphatic heterocycles. The van der Waals surface area contributed by atoms with Gasteiger partial charge in [-0.1, -0.05) is 48.5 Å². The Morgan fingerprint density at radius 2 is 1.33 bits per heavy atom. The molecule has 0 N–H and O–H groups in total. The Morgan fingerprint density at radius 3 is 1.47 bits per heavy atom. The Kier molecular flexibility index (Phi) is 2.60. The van der Waals surface area contributed by atoms with E-state index in [1.807, 2.05) is 0 Å². The van der Waals surface area contributed by atoms with Crippen molar-refractivity contribution < 1.29 is 4.74 Å². The molecular formula is C14H28O. The summed E-state index contributed by atoms with van der Waals surface area (Å²) in [6.07, 6.45) is 0.316. The third-order valence-corrected chi connectivity index (χ3v) is 5.66. The summed E-state index contributed by atoms with van der Waals surface area (Å²) >= 11 is 0. The van der Waals surface area contributed by atoms with Gasteiger partial charge in [-0.25, -0.2) is 0 Å². The van der Waals surface area contributed by atoms with Crippen LogP contribution in [0.15, 0.2) is 0 Å². The summed E-state index contributed by atoms with van der Waals surface area (Å²) in [5, 5.41) is 0. The van der Waals surface area contributed by atoms with Crippen LogP contribution in [-0.4, -0.2) is 11.7 Å². The van der Waals surface area contributed by atoms with Crippen LogP contribution in [0.2, 0.25) is 0 Å². The summed E-state index contributed by atoms with van der Waals surface area (Å²) in [6.45, 7) is 20.7. The lowest BCUT2D eigenvalue weighted by Gasteiger charge is -2.50. The lowest BCUT2D eigenvalue weighted by atomic mass is 9.54. The standard InChI is InChI=1S/C14H28O/c1-10-12(5,6)13(7,8)14(9,15-10)11(2,3)4/h10H,1-9H3. The van der Waals surface area contributed by atoms with E-state index in [1.54, 1.807) is 0 Å². The molecule has 0 aromatic carbocycles. The quantitative estimate of drug-likeness (QED) is 0.583. The maximum absolute atomic E-state index is 6.34. The minimum Gasteiger partial charge on any atom is -0.371 e. The van der Waals surface area contributed by atoms with Gasteiger partial charge in [0.05, 0.1) is 11.7 Å². The predicted octanol–water partition coefficient (Wildman–Crippen LogP) is 4.26. The number of hydrogen-bond acceptors (Lipinski definition) is 1. The smallest absolute Gasteiger partial charge is 0.0763 e. The van der Waals surface area contributed by atoms with Gasteiger partial charge < -0.3 is 4.74 Å². The lowest BCUT2D eigenvalue weighted by molar-refractivity contribution is -0.132. The van der Waals surface area contributed by atoms with Gasteiger partial charge in [-0.05, 0) is 24.7 Å². The summed E-state index contributed by atoms with van der Waals surface area (Å²) in [7, 11) is 0. The van der Waals surface area contributed by atoms with Gasteiger partial charge in [-0.3, -0.25) is 0 Å². The maximum atomic E-state index is 6.34. The molecule has 1 heteroatoms. The Labute approximate surface area is 95.6 Å². The van der Waals surface area contributed by atoms with Crippen molar-refractivity contribution in [1.82, 2.24) is 0 Å². The maximum Gasteiger partial charge on any atom is 0.0763 e. The fourth-order valence-corrected chi connectivity index (χ4v) is 2.89. The average Bonchev–Trinajstić information content (AvgIpc) is 2.10. The third-order valence-electron chi connectivity index (χ3n) is 5.66. The first-order chi connectivity index (χ1) is 6.38. The summed E-state index contributed by atoms with van der Waals surface area (Å²) in [5.41, 5.74) is 0.494. The van der Waals surface area contributed by atoms with Gasteiger partial charge in [0.15, 0.2) is 0 Å². The molecule has 0 radical (unpaired) electrons. The molecule has 1 rings (SSSR count). The molecule has 1 saturated heterocycles. The molecule has 2 unspecified atom stereocenters. The van der Waals surface area contributed by atoms with E-state index in [0.29, 0.717) is 6.10 Å². The van der Waals surface area contributed by atoms with Crippen LogP contribution in [0.5, 0.6) is 0 Å². The highest BCUT2D eigenvalue weighted by atomic mass is 16.5. The molecule has 0 saturated carbocycles. The van der Waals surface area contributed by atoms with Crippen LogP contribution in [0.25, 0.3) is 0 Å². The highest BCUT2D eigenvalue weighted by Gasteiger charge is 2.64. The summed E-state index contributed by atoms with van der Waals surface area (Å²) in [6, 6.07) is 0. The van der Waals surface area contributed by atoms with E-state index in [9.17, 15) is 0 Å². The third kappa shape index (κ3) is 1.39. The SMILES string of the molecule is CC1OC(C)(C(C)(C)C)C(C)(C)C1(C)C. The van der Waals surface area contributed by atoms with Crippen LogP contribution in [0, 0.1) is 16.2 Å². The van der Waals surface area contributed by atoms with Gasteiger partial charge in [-0.15, -0.1) is 0 Å². The molecule has 2 atom stereocenters. The van der Waals surface area contributed by atoms with Crippen LogP contribution < -0.4 is 0 Å². The van der Waals surface area contributed by atoms with Crippen molar-refractivity contribution in [3.63, 3.8) is 0 Å². The van der Waals surface area contributed by atoms with E-state index in [-0.39, 0.29) is 21.8 Å². The van der Waals surface area contributed by atoms with E-state index < -0.39 is 0 Å². The summed E-state index contributed by atoms with van der Waals surface area (Å²) in [4.78, 5) is 0. The largest absolute Gasteiger partial charge is 0.371 e. The van der Waals surface area contributed by atoms with Crippen LogP contribution in [0.3, 0.4) is 0 Å². The Bertz CT molecular complexity index is 257. The van der Waals surface area contributed by atoms with Crippen LogP contribution in [-0.2, 0) is 4.74 Å². The molecule has 90 valence electrons. The first-order valence-electron chi connectivity index (χ1n) is 6.06. The van der Waals surface area contributed by atoms with Crippen molar-refractivity contribution in [3.05, 3.63) is 0 Å². The zero-order valence-electron chi connectivity index (χ0n) is 12.0. The Hall–Kier alpha value is -0.0400. The second-order valence-corrected chi connectivity index (χ2v) is 7.39. The van der Waals surface area contributed by atoms with Gasteiger partial charge in [0, 0.05) is 5.41 Å². The molecule has 1 fully saturated rings. The van der Waals surface area contributed by atoms with Gasteiger partial charge in [0.25, 0.3) is 0 Å². The molecule has 0 aliphatic carbocycles. The van der Waals surface area contributed by atoms with Crippen molar-refractivity contribution in [2.45, 2.75) is 74.0 Å². The second kappa shape index (κ2) is 3.00. The molecule has 15 heavy (non-hydrogen) atoms. The first-order valence-corrected chi connectivity index (χ1v) is 6.06. The molecule has 0 aromatic rings. The van der Waals surface area contributed by atoms with E-state index in [4.69, 9.17) is 4.74 Å². The van der Waals surface area contributed by atoms with Crippen LogP contribution >= 0.6 is 0 Å². The Balaban J connectivity index is 3.28. The van der Waals surface area contributed by atoms with Crippen molar-refractivity contribution >= 4 is 0 Å². The van der Waals surface area contributed by atoms with Crippen molar-refractivity contribution in [2.75, 3.05) is 0 Å². The van der Waals surface area contributed by atoms with Crippen LogP contribution in [0.4, 0.5) is 0 Å². The highest BCUT2D eigenvalue weighted by molar-refractivity contribution is 5.12. The number of ether oxygens (including phenoxy) is 1. The summed E-state index contributed by atoms with van der Waals surface area (Å²) in [5.74, 6) is 0. The Morgan fingerprint density at radius 1 is 0.933 bits per heavy atom. The number of rotatable bonds is 0. The van der Waals surface area contributed by atoms with Crippen molar-refractivity contribution in [2.24, 2.45) is 16.2 Å². The van der Waals surface area contributed by atoms with E-state index in [2.05, 4.69) is 62.3 Å². The van der Waals surface area contributed by atoms with Gasteiger partial charge in [0.2, 0.25) is 0 Å². The van der Waals surface area contributed by atoms with E-state index >= 15 is 0 Å². The monoisotopic (exact) mass is 212 g/mol. The molecule has 0 amide bonds. The average molecular weight is 212 g/mol. The molecule has 0 spiro atoms. The molecule has 1 nitrogen and oxygen atoms in total. The van der Waals surface area contributed by atoms with Gasteiger partial charge >= 0.3 is 0 Å². The highest BCUT2D eigenvalue weighted by Crippen LogP contribution is 2.62. The van der Waals surface area contributed by atoms with Crippen LogP contribution in [0.1, 0.15) is 62.3 Å². The fraction of sp³-hybridized carbons (Fsp3) is 1.00. The van der Waals surface area contributed by atoms with Gasteiger partial charge in [0.1, 0.15) is 0 Å². The molecular weight excluding hydrogens is 184 g/mol. The minimum absolute atomic E-state index is 0.0666. The van der Waals surface area contributed by atoms with E-state index in [1.165, 1.54) is 0 Å². The summed E-state index contributed by atoms with van der Waals surface area (Å²) < 4.78 is 6.34. The molecule has 0 aromatic heterocycles. The molecule has 1 aliphatic rings. The molecule has 1 heterocycles. The zero-order valence-corrected chi connectivity index (χ0v) is 12.0.